The van der Waals surface area contributed by atoms with Gasteiger partial charge in [-0.2, -0.15) is 4.98 Å². The molecule has 0 bridgehead atoms. The number of pyridine rings is 2. The molecule has 5 heterocycles. The van der Waals surface area contributed by atoms with Crippen molar-refractivity contribution in [3.05, 3.63) is 45.2 Å². The lowest BCUT2D eigenvalue weighted by Crippen LogP contribution is -2.57. The Hall–Kier alpha value is -3.40. The molecule has 0 unspecified atom stereocenters. The molecule has 0 saturated carbocycles. The second-order valence-corrected chi connectivity index (χ2v) is 11.2. The molecule has 0 N–H and O–H groups in total. The van der Waals surface area contributed by atoms with Crippen molar-refractivity contribution in [2.24, 2.45) is 0 Å². The number of halogens is 1. The van der Waals surface area contributed by atoms with Gasteiger partial charge in [0.15, 0.2) is 5.65 Å². The molecular formula is C26H31ClN6O4. The molecule has 0 spiro atoms. The molecule has 0 radical (unpaired) electrons. The van der Waals surface area contributed by atoms with E-state index in [1.807, 2.05) is 52.5 Å². The molecule has 2 aliphatic heterocycles. The van der Waals surface area contributed by atoms with Crippen molar-refractivity contribution in [3.8, 4) is 11.4 Å². The summed E-state index contributed by atoms with van der Waals surface area (Å²) >= 11 is 6.44. The average molecular weight is 527 g/mol. The molecule has 196 valence electrons. The first-order chi connectivity index (χ1) is 17.4. The maximum absolute atomic E-state index is 13.7. The smallest absolute Gasteiger partial charge is 0.410 e. The topological polar surface area (TPSA) is 103 Å². The number of ether oxygens (including phenoxy) is 2. The number of piperazine rings is 1. The van der Waals surface area contributed by atoms with Gasteiger partial charge in [0.25, 0.3) is 0 Å². The van der Waals surface area contributed by atoms with Crippen LogP contribution < -0.4 is 15.3 Å². The zero-order chi connectivity index (χ0) is 26.6. The number of hydrogen-bond donors (Lipinski definition) is 0. The van der Waals surface area contributed by atoms with E-state index in [-0.39, 0.29) is 29.8 Å². The van der Waals surface area contributed by atoms with Crippen molar-refractivity contribution in [1.29, 1.82) is 0 Å². The van der Waals surface area contributed by atoms with Gasteiger partial charge in [0.1, 0.15) is 34.3 Å². The summed E-state index contributed by atoms with van der Waals surface area (Å²) in [6.07, 6.45) is 1.36. The van der Waals surface area contributed by atoms with Crippen LogP contribution in [0.25, 0.3) is 16.7 Å². The van der Waals surface area contributed by atoms with Crippen LogP contribution in [-0.2, 0) is 4.74 Å². The maximum atomic E-state index is 13.7. The van der Waals surface area contributed by atoms with Gasteiger partial charge in [-0.25, -0.2) is 19.1 Å². The Kier molecular flexibility index (Phi) is 6.26. The molecule has 3 aromatic rings. The predicted molar refractivity (Wildman–Crippen MR) is 141 cm³/mol. The summed E-state index contributed by atoms with van der Waals surface area (Å²) in [5.41, 5.74) is 1.59. The molecule has 1 atom stereocenters. The number of carbonyl (C=O) groups is 1. The van der Waals surface area contributed by atoms with Crippen LogP contribution in [0.3, 0.4) is 0 Å². The summed E-state index contributed by atoms with van der Waals surface area (Å²) < 4.78 is 13.3. The molecule has 37 heavy (non-hydrogen) atoms. The van der Waals surface area contributed by atoms with E-state index in [2.05, 4.69) is 15.0 Å². The minimum absolute atomic E-state index is 0.0624. The van der Waals surface area contributed by atoms with Gasteiger partial charge in [0.2, 0.25) is 0 Å². The molecule has 5 rings (SSSR count). The van der Waals surface area contributed by atoms with Crippen LogP contribution >= 0.6 is 11.6 Å². The van der Waals surface area contributed by atoms with Crippen LogP contribution in [0.5, 0.6) is 5.75 Å². The summed E-state index contributed by atoms with van der Waals surface area (Å²) in [5.74, 6) is 1.04. The van der Waals surface area contributed by atoms with Crippen LogP contribution in [0.1, 0.15) is 51.8 Å². The molecule has 3 aromatic heterocycles. The van der Waals surface area contributed by atoms with Gasteiger partial charge in [-0.1, -0.05) is 25.4 Å². The van der Waals surface area contributed by atoms with E-state index in [0.29, 0.717) is 47.9 Å². The molecular weight excluding hydrogens is 496 g/mol. The highest BCUT2D eigenvalue weighted by Gasteiger charge is 2.37. The van der Waals surface area contributed by atoms with E-state index in [0.717, 1.165) is 11.3 Å². The number of aryl methyl sites for hydroxylation is 1. The number of amides is 1. The molecule has 2 aliphatic rings. The van der Waals surface area contributed by atoms with Gasteiger partial charge in [0.05, 0.1) is 17.4 Å². The first-order valence-electron chi connectivity index (χ1n) is 12.4. The highest BCUT2D eigenvalue weighted by Crippen LogP contribution is 2.39. The van der Waals surface area contributed by atoms with Gasteiger partial charge < -0.3 is 19.3 Å². The maximum Gasteiger partial charge on any atom is 0.410 e. The van der Waals surface area contributed by atoms with Crippen LogP contribution in [0, 0.1) is 6.92 Å². The molecule has 1 fully saturated rings. The summed E-state index contributed by atoms with van der Waals surface area (Å²) in [7, 11) is 0. The van der Waals surface area contributed by atoms with Crippen LogP contribution in [-0.4, -0.2) is 68.4 Å². The van der Waals surface area contributed by atoms with Crippen molar-refractivity contribution in [3.63, 3.8) is 0 Å². The quantitative estimate of drug-likeness (QED) is 0.460. The lowest BCUT2D eigenvalue weighted by atomic mass is 10.0. The zero-order valence-corrected chi connectivity index (χ0v) is 22.7. The molecule has 0 aromatic carbocycles. The first kappa shape index (κ1) is 25.3. The van der Waals surface area contributed by atoms with E-state index >= 15 is 0 Å². The number of carbonyl (C=O) groups excluding carboxylic acids is 1. The Morgan fingerprint density at radius 2 is 2.00 bits per heavy atom. The number of nitrogens with zero attached hydrogens (tertiary/aromatic N) is 6. The fourth-order valence-electron chi connectivity index (χ4n) is 4.90. The molecule has 10 nitrogen and oxygen atoms in total. The van der Waals surface area contributed by atoms with Crippen LogP contribution in [0.2, 0.25) is 5.15 Å². The van der Waals surface area contributed by atoms with E-state index in [1.165, 1.54) is 4.57 Å². The summed E-state index contributed by atoms with van der Waals surface area (Å²) in [5, 5.41) is 0.811. The van der Waals surface area contributed by atoms with Crippen molar-refractivity contribution >= 4 is 34.5 Å². The Morgan fingerprint density at radius 3 is 2.70 bits per heavy atom. The van der Waals surface area contributed by atoms with E-state index in [9.17, 15) is 9.59 Å². The van der Waals surface area contributed by atoms with Gasteiger partial charge in [-0.3, -0.25) is 4.98 Å². The second kappa shape index (κ2) is 9.16. The lowest BCUT2D eigenvalue weighted by Gasteiger charge is -2.41. The van der Waals surface area contributed by atoms with Crippen LogP contribution in [0.4, 0.5) is 10.6 Å². The van der Waals surface area contributed by atoms with Crippen LogP contribution in [0.15, 0.2) is 23.1 Å². The number of anilines is 1. The summed E-state index contributed by atoms with van der Waals surface area (Å²) in [6, 6.07) is 3.28. The largest absolute Gasteiger partial charge is 0.490 e. The monoisotopic (exact) mass is 526 g/mol. The Bertz CT molecular complexity index is 1450. The van der Waals surface area contributed by atoms with Crippen molar-refractivity contribution in [2.75, 3.05) is 31.1 Å². The third kappa shape index (κ3) is 4.58. The number of aromatic nitrogens is 4. The zero-order valence-electron chi connectivity index (χ0n) is 21.9. The van der Waals surface area contributed by atoms with E-state index < -0.39 is 11.3 Å². The molecule has 1 amide bonds. The first-order valence-corrected chi connectivity index (χ1v) is 12.8. The standard InChI is InChI=1S/C26H31ClN6O4/c1-14(2)20-21(15(3)7-8-28-20)33-23-19-17(11-18(27)29-23)36-13-16-12-31(25(35)37-26(4,5)6)9-10-32(16)22(19)30-24(33)34/h7-8,11,14,16H,9-10,12-13H2,1-6H3/t16-/m0/s1. The molecule has 1 saturated heterocycles. The Balaban J connectivity index is 1.65. The minimum atomic E-state index is -0.593. The van der Waals surface area contributed by atoms with Crippen molar-refractivity contribution in [1.82, 2.24) is 24.4 Å². The molecule has 11 heteroatoms. The summed E-state index contributed by atoms with van der Waals surface area (Å²) in [4.78, 5) is 43.8. The SMILES string of the molecule is Cc1ccnc(C(C)C)c1-n1c(=O)nc2c3c(cc(Cl)nc31)OC[C@@H]1CN(C(=O)OC(C)(C)C)CCN21. The number of fused-ring (bicyclic) bond motifs is 2. The van der Waals surface area contributed by atoms with Gasteiger partial charge >= 0.3 is 11.8 Å². The number of rotatable bonds is 2. The van der Waals surface area contributed by atoms with E-state index in [4.69, 9.17) is 21.1 Å². The third-order valence-corrected chi connectivity index (χ3v) is 6.72. The summed E-state index contributed by atoms with van der Waals surface area (Å²) in [6.45, 7) is 13.0. The highest BCUT2D eigenvalue weighted by molar-refractivity contribution is 6.30. The van der Waals surface area contributed by atoms with Gasteiger partial charge in [0, 0.05) is 31.9 Å². The fourth-order valence-corrected chi connectivity index (χ4v) is 5.08. The van der Waals surface area contributed by atoms with Gasteiger partial charge in [-0.15, -0.1) is 0 Å². The second-order valence-electron chi connectivity index (χ2n) is 10.8. The van der Waals surface area contributed by atoms with Gasteiger partial charge in [-0.05, 0) is 45.2 Å². The number of hydrogen-bond acceptors (Lipinski definition) is 8. The fraction of sp³-hybridized carbons (Fsp3) is 0.500. The Morgan fingerprint density at radius 1 is 1.24 bits per heavy atom. The van der Waals surface area contributed by atoms with Crippen molar-refractivity contribution < 1.29 is 14.3 Å². The van der Waals surface area contributed by atoms with E-state index in [1.54, 1.807) is 17.2 Å². The lowest BCUT2D eigenvalue weighted by molar-refractivity contribution is 0.0202. The third-order valence-electron chi connectivity index (χ3n) is 6.52. The Labute approximate surface area is 220 Å². The van der Waals surface area contributed by atoms with Crippen molar-refractivity contribution in [2.45, 2.75) is 59.1 Å². The molecule has 0 aliphatic carbocycles. The predicted octanol–water partition coefficient (Wildman–Crippen LogP) is 4.08. The normalized spacial score (nSPS) is 17.5. The highest BCUT2D eigenvalue weighted by atomic mass is 35.5. The minimum Gasteiger partial charge on any atom is -0.490 e. The average Bonchev–Trinajstić information content (AvgIpc) is 2.95.